The Labute approximate surface area is 121 Å². The molecule has 12 heteroatoms. The summed E-state index contributed by atoms with van der Waals surface area (Å²) in [7, 11) is 0. The molecule has 4 N–H and O–H groups in total. The lowest BCUT2D eigenvalue weighted by Crippen LogP contribution is -2.35. The van der Waals surface area contributed by atoms with E-state index in [4.69, 9.17) is 14.5 Å². The van der Waals surface area contributed by atoms with Gasteiger partial charge in [0.1, 0.15) is 12.2 Å². The van der Waals surface area contributed by atoms with E-state index in [2.05, 4.69) is 16.3 Å². The summed E-state index contributed by atoms with van der Waals surface area (Å²) >= 11 is 4.22. The van der Waals surface area contributed by atoms with E-state index < -0.39 is 49.2 Å². The van der Waals surface area contributed by atoms with Crippen molar-refractivity contribution in [2.45, 2.75) is 24.6 Å². The van der Waals surface area contributed by atoms with Gasteiger partial charge in [-0.1, -0.05) is 0 Å². The van der Waals surface area contributed by atoms with Crippen LogP contribution in [-0.4, -0.2) is 49.4 Å². The van der Waals surface area contributed by atoms with Crippen molar-refractivity contribution in [1.29, 1.82) is 0 Å². The summed E-state index contributed by atoms with van der Waals surface area (Å²) in [6.07, 6.45) is -5.33. The molecule has 1 aromatic rings. The molecule has 0 saturated carbocycles. The van der Waals surface area contributed by atoms with E-state index in [9.17, 15) is 19.1 Å². The first-order valence-corrected chi connectivity index (χ1v) is 8.31. The first kappa shape index (κ1) is 16.4. The topological polar surface area (TPSA) is 134 Å². The number of aliphatic hydroxyl groups is 1. The van der Waals surface area contributed by atoms with Crippen LogP contribution < -0.4 is 11.2 Å². The first-order valence-electron chi connectivity index (χ1n) is 5.68. The summed E-state index contributed by atoms with van der Waals surface area (Å²) < 4.78 is 24.4. The Morgan fingerprint density at radius 1 is 1.52 bits per heavy atom. The molecule has 0 aliphatic carbocycles. The van der Waals surface area contributed by atoms with Crippen LogP contribution in [0.1, 0.15) is 6.23 Å². The highest BCUT2D eigenvalue weighted by atomic mass is 32.5. The Morgan fingerprint density at radius 2 is 2.19 bits per heavy atom. The zero-order chi connectivity index (χ0) is 15.8. The Kier molecular flexibility index (Phi) is 4.73. The smallest absolute Gasteiger partial charge is 0.330 e. The molecule has 2 rings (SSSR count). The molecule has 2 heterocycles. The van der Waals surface area contributed by atoms with E-state index >= 15 is 0 Å². The maximum atomic E-state index is 14.0. The SMILES string of the molecule is O=c1ccn([C@@H]2O[C@H](COP(O)(O)=S)[C@@H](O)[C@H]2F)c(=O)[nH]1. The number of rotatable bonds is 4. The van der Waals surface area contributed by atoms with Crippen molar-refractivity contribution in [1.82, 2.24) is 9.55 Å². The van der Waals surface area contributed by atoms with Crippen molar-refractivity contribution < 1.29 is 28.5 Å². The van der Waals surface area contributed by atoms with Gasteiger partial charge in [-0.3, -0.25) is 14.3 Å². The van der Waals surface area contributed by atoms with Crippen LogP contribution in [0, 0.1) is 0 Å². The van der Waals surface area contributed by atoms with Gasteiger partial charge in [0.15, 0.2) is 12.4 Å². The molecule has 1 aliphatic rings. The van der Waals surface area contributed by atoms with Crippen molar-refractivity contribution in [2.24, 2.45) is 0 Å². The molecular formula is C9H12FN2O7PS. The molecular weight excluding hydrogens is 330 g/mol. The zero-order valence-corrected chi connectivity index (χ0v) is 12.0. The van der Waals surface area contributed by atoms with Gasteiger partial charge < -0.3 is 24.2 Å². The summed E-state index contributed by atoms with van der Waals surface area (Å²) in [6.45, 7) is -4.52. The second kappa shape index (κ2) is 6.05. The number of ether oxygens (including phenoxy) is 1. The van der Waals surface area contributed by atoms with Crippen LogP contribution in [0.15, 0.2) is 21.9 Å². The van der Waals surface area contributed by atoms with Crippen molar-refractivity contribution in [3.8, 4) is 0 Å². The molecule has 21 heavy (non-hydrogen) atoms. The standard InChI is InChI=1S/C9H12FN2O7PS/c10-6-7(14)4(3-18-20(16,17)21)19-8(6)12-2-1-5(13)11-9(12)15/h1-2,4,6-8,14H,3H2,(H,11,13,15)(H2,16,17,21)/t4-,6-,7-,8-/m1/s1. The number of halogens is 1. The summed E-state index contributed by atoms with van der Waals surface area (Å²) in [6, 6.07) is 0.995. The van der Waals surface area contributed by atoms with Gasteiger partial charge in [-0.05, 0) is 11.8 Å². The van der Waals surface area contributed by atoms with Gasteiger partial charge in [0.2, 0.25) is 0 Å². The number of H-pyrrole nitrogens is 1. The van der Waals surface area contributed by atoms with Gasteiger partial charge >= 0.3 is 12.4 Å². The predicted molar refractivity (Wildman–Crippen MR) is 70.8 cm³/mol. The lowest BCUT2D eigenvalue weighted by molar-refractivity contribution is -0.0462. The number of aromatic amines is 1. The third-order valence-corrected chi connectivity index (χ3v) is 3.63. The lowest BCUT2D eigenvalue weighted by atomic mass is 10.1. The second-order valence-electron chi connectivity index (χ2n) is 4.30. The van der Waals surface area contributed by atoms with Gasteiger partial charge in [-0.2, -0.15) is 0 Å². The number of hydrogen-bond donors (Lipinski definition) is 4. The average molecular weight is 342 g/mol. The van der Waals surface area contributed by atoms with Crippen molar-refractivity contribution >= 4 is 18.5 Å². The van der Waals surface area contributed by atoms with Gasteiger partial charge in [-0.25, -0.2) is 9.18 Å². The van der Waals surface area contributed by atoms with Crippen LogP contribution >= 0.6 is 6.72 Å². The minimum Gasteiger partial charge on any atom is -0.387 e. The van der Waals surface area contributed by atoms with Gasteiger partial charge in [0.25, 0.3) is 5.56 Å². The maximum absolute atomic E-state index is 14.0. The molecule has 1 saturated heterocycles. The van der Waals surface area contributed by atoms with E-state index in [1.807, 2.05) is 4.98 Å². The highest BCUT2D eigenvalue weighted by Gasteiger charge is 2.46. The van der Waals surface area contributed by atoms with E-state index in [-0.39, 0.29) is 0 Å². The van der Waals surface area contributed by atoms with Crippen molar-refractivity contribution in [2.75, 3.05) is 6.61 Å². The summed E-state index contributed by atoms with van der Waals surface area (Å²) in [4.78, 5) is 42.3. The highest BCUT2D eigenvalue weighted by molar-refractivity contribution is 8.06. The van der Waals surface area contributed by atoms with Crippen LogP contribution in [-0.2, 0) is 21.1 Å². The number of alkyl halides is 1. The molecule has 0 unspecified atom stereocenters. The summed E-state index contributed by atoms with van der Waals surface area (Å²) in [5, 5.41) is 9.68. The summed E-state index contributed by atoms with van der Waals surface area (Å²) in [5.74, 6) is 0. The molecule has 4 atom stereocenters. The molecule has 9 nitrogen and oxygen atoms in total. The number of hydrogen-bond acceptors (Lipinski definition) is 6. The van der Waals surface area contributed by atoms with Crippen molar-refractivity contribution in [3.63, 3.8) is 0 Å². The molecule has 1 aromatic heterocycles. The largest absolute Gasteiger partial charge is 0.387 e. The van der Waals surface area contributed by atoms with E-state index in [0.29, 0.717) is 0 Å². The van der Waals surface area contributed by atoms with Gasteiger partial charge in [0.05, 0.1) is 6.61 Å². The van der Waals surface area contributed by atoms with Crippen LogP contribution in [0.2, 0.25) is 0 Å². The Morgan fingerprint density at radius 3 is 2.76 bits per heavy atom. The van der Waals surface area contributed by atoms with Crippen LogP contribution in [0.5, 0.6) is 0 Å². The molecule has 0 radical (unpaired) electrons. The molecule has 0 bridgehead atoms. The van der Waals surface area contributed by atoms with E-state index in [1.165, 1.54) is 0 Å². The van der Waals surface area contributed by atoms with E-state index in [1.54, 1.807) is 0 Å². The molecule has 118 valence electrons. The molecule has 0 aromatic carbocycles. The number of aromatic nitrogens is 2. The third kappa shape index (κ3) is 3.83. The Bertz CT molecular complexity index is 673. The molecule has 1 aliphatic heterocycles. The van der Waals surface area contributed by atoms with Gasteiger partial charge in [-0.15, -0.1) is 0 Å². The lowest BCUT2D eigenvalue weighted by Gasteiger charge is -2.16. The fourth-order valence-corrected chi connectivity index (χ4v) is 2.39. The highest BCUT2D eigenvalue weighted by Crippen LogP contribution is 2.39. The average Bonchev–Trinajstić information content (AvgIpc) is 2.64. The second-order valence-corrected chi connectivity index (χ2v) is 6.97. The maximum Gasteiger partial charge on any atom is 0.330 e. The number of nitrogens with one attached hydrogen (secondary N) is 1. The third-order valence-electron chi connectivity index (χ3n) is 2.83. The van der Waals surface area contributed by atoms with Crippen LogP contribution in [0.4, 0.5) is 4.39 Å². The molecule has 0 spiro atoms. The van der Waals surface area contributed by atoms with E-state index in [0.717, 1.165) is 16.8 Å². The fourth-order valence-electron chi connectivity index (χ4n) is 1.86. The van der Waals surface area contributed by atoms with Crippen LogP contribution in [0.25, 0.3) is 0 Å². The Balaban J connectivity index is 2.18. The van der Waals surface area contributed by atoms with Crippen molar-refractivity contribution in [3.05, 3.63) is 33.1 Å². The van der Waals surface area contributed by atoms with Gasteiger partial charge in [0, 0.05) is 12.3 Å². The fraction of sp³-hybridized carbons (Fsp3) is 0.556. The monoisotopic (exact) mass is 342 g/mol. The quantitative estimate of drug-likeness (QED) is 0.479. The van der Waals surface area contributed by atoms with Crippen LogP contribution in [0.3, 0.4) is 0 Å². The summed E-state index contributed by atoms with van der Waals surface area (Å²) in [5.41, 5.74) is -1.57. The normalized spacial score (nSPS) is 29.7. The zero-order valence-electron chi connectivity index (χ0n) is 10.3. The predicted octanol–water partition coefficient (Wildman–Crippen LogP) is -1.64. The molecule has 0 amide bonds. The minimum absolute atomic E-state index is 0.555. The molecule has 1 fully saturated rings. The Hall–Kier alpha value is -0.940. The number of aliphatic hydroxyl groups excluding tert-OH is 1. The minimum atomic E-state index is -3.97. The first-order chi connectivity index (χ1) is 9.69. The number of nitrogens with zero attached hydrogens (tertiary/aromatic N) is 1.